The van der Waals surface area contributed by atoms with Gasteiger partial charge >= 0.3 is 6.18 Å². The molecule has 0 unspecified atom stereocenters. The minimum absolute atomic E-state index is 0.00318. The van der Waals surface area contributed by atoms with Crippen LogP contribution in [0.15, 0.2) is 42.5 Å². The third kappa shape index (κ3) is 3.71. The summed E-state index contributed by atoms with van der Waals surface area (Å²) < 4.78 is 41.8. The number of aromatic nitrogens is 2. The highest BCUT2D eigenvalue weighted by Gasteiger charge is 2.31. The van der Waals surface area contributed by atoms with E-state index in [1.165, 1.54) is 4.57 Å². The smallest absolute Gasteiger partial charge is 0.323 e. The molecule has 0 fully saturated rings. The molecule has 3 aromatic rings. The molecule has 0 saturated carbocycles. The number of imidazole rings is 1. The minimum Gasteiger partial charge on any atom is -0.323 e. The van der Waals surface area contributed by atoms with Gasteiger partial charge in [-0.1, -0.05) is 23.7 Å². The molecule has 2 aromatic carbocycles. The summed E-state index contributed by atoms with van der Waals surface area (Å²) in [6.45, 7) is 2.21. The second kappa shape index (κ2) is 7.11. The van der Waals surface area contributed by atoms with Gasteiger partial charge in [0.1, 0.15) is 6.54 Å². The van der Waals surface area contributed by atoms with Crippen molar-refractivity contribution in [3.8, 4) is 0 Å². The molecule has 1 aromatic heterocycles. The lowest BCUT2D eigenvalue weighted by molar-refractivity contribution is -0.137. The monoisotopic (exact) mass is 396 g/mol. The topological polar surface area (TPSA) is 62.8 Å². The fourth-order valence-corrected chi connectivity index (χ4v) is 3.07. The average molecular weight is 397 g/mol. The lowest BCUT2D eigenvalue weighted by Crippen LogP contribution is -2.29. The number of hydrogen-bond acceptors (Lipinski definition) is 2. The van der Waals surface area contributed by atoms with Crippen LogP contribution < -0.4 is 10.9 Å². The molecule has 0 spiro atoms. The van der Waals surface area contributed by atoms with Crippen LogP contribution in [0.5, 0.6) is 0 Å². The number of nitrogens with one attached hydrogen (secondary N) is 2. The maximum absolute atomic E-state index is 12.9. The van der Waals surface area contributed by atoms with Gasteiger partial charge in [0.2, 0.25) is 11.5 Å². The number of carbonyl (C=O) groups is 1. The molecule has 9 heteroatoms. The van der Waals surface area contributed by atoms with Crippen LogP contribution in [0.4, 0.5) is 18.9 Å². The van der Waals surface area contributed by atoms with Crippen LogP contribution in [0.3, 0.4) is 0 Å². The van der Waals surface area contributed by atoms with Crippen molar-refractivity contribution in [2.75, 3.05) is 5.32 Å². The number of para-hydroxylation sites is 2. The minimum atomic E-state index is -4.54. The number of benzene rings is 2. The first-order valence-electron chi connectivity index (χ1n) is 8.11. The third-order valence-electron chi connectivity index (χ3n) is 4.16. The van der Waals surface area contributed by atoms with Crippen LogP contribution in [-0.4, -0.2) is 15.0 Å². The summed E-state index contributed by atoms with van der Waals surface area (Å²) in [5, 5.41) is 10.7. The summed E-state index contributed by atoms with van der Waals surface area (Å²) in [6, 6.07) is 9.98. The molecule has 5 nitrogen and oxygen atoms in total. The number of fused-ring (bicyclic) bond motifs is 1. The van der Waals surface area contributed by atoms with Crippen molar-refractivity contribution >= 4 is 34.2 Å². The molecule has 0 aliphatic heterocycles. The zero-order chi connectivity index (χ0) is 19.8. The van der Waals surface area contributed by atoms with Crippen molar-refractivity contribution in [2.24, 2.45) is 0 Å². The Labute approximate surface area is 157 Å². The van der Waals surface area contributed by atoms with Gasteiger partial charge in [0.05, 0.1) is 27.3 Å². The summed E-state index contributed by atoms with van der Waals surface area (Å²) in [7, 11) is 0. The highest BCUT2D eigenvalue weighted by atomic mass is 35.5. The van der Waals surface area contributed by atoms with E-state index in [4.69, 9.17) is 17.0 Å². The van der Waals surface area contributed by atoms with Gasteiger partial charge in [0, 0.05) is 6.54 Å². The molecular weight excluding hydrogens is 381 g/mol. The zero-order valence-corrected chi connectivity index (χ0v) is 15.0. The molecule has 0 saturated heterocycles. The van der Waals surface area contributed by atoms with E-state index < -0.39 is 17.6 Å². The SMILES string of the molecule is CCn1c(=N)n(CC(=O)Nc2cc(C(F)(F)F)ccc2Cl)c2ccccc21. The molecule has 0 radical (unpaired) electrons. The van der Waals surface area contributed by atoms with Crippen LogP contribution in [0.1, 0.15) is 12.5 Å². The largest absolute Gasteiger partial charge is 0.416 e. The number of aryl methyl sites for hydroxylation is 1. The van der Waals surface area contributed by atoms with Crippen LogP contribution in [0, 0.1) is 5.41 Å². The number of rotatable bonds is 4. The van der Waals surface area contributed by atoms with Gasteiger partial charge < -0.3 is 14.5 Å². The number of carbonyl (C=O) groups excluding carboxylic acids is 1. The van der Waals surface area contributed by atoms with Gasteiger partial charge in [0.15, 0.2) is 0 Å². The second-order valence-electron chi connectivity index (χ2n) is 5.88. The van der Waals surface area contributed by atoms with E-state index in [1.807, 2.05) is 19.1 Å². The quantitative estimate of drug-likeness (QED) is 0.680. The lowest BCUT2D eigenvalue weighted by Gasteiger charge is -2.12. The fraction of sp³-hybridized carbons (Fsp3) is 0.222. The Morgan fingerprint density at radius 3 is 2.37 bits per heavy atom. The predicted molar refractivity (Wildman–Crippen MR) is 96.5 cm³/mol. The number of anilines is 1. The van der Waals surface area contributed by atoms with Gasteiger partial charge in [0.25, 0.3) is 0 Å². The zero-order valence-electron chi connectivity index (χ0n) is 14.3. The summed E-state index contributed by atoms with van der Waals surface area (Å²) in [5.41, 5.74) is 0.593. The Balaban J connectivity index is 1.91. The van der Waals surface area contributed by atoms with Gasteiger partial charge in [-0.2, -0.15) is 13.2 Å². The van der Waals surface area contributed by atoms with Crippen molar-refractivity contribution in [3.05, 3.63) is 58.7 Å². The van der Waals surface area contributed by atoms with Gasteiger partial charge in [-0.25, -0.2) is 0 Å². The number of hydrogen-bond donors (Lipinski definition) is 2. The van der Waals surface area contributed by atoms with E-state index >= 15 is 0 Å². The molecule has 142 valence electrons. The molecule has 1 heterocycles. The number of alkyl halides is 3. The van der Waals surface area contributed by atoms with Crippen LogP contribution >= 0.6 is 11.6 Å². The van der Waals surface area contributed by atoms with E-state index in [9.17, 15) is 18.0 Å². The summed E-state index contributed by atoms with van der Waals surface area (Å²) in [4.78, 5) is 12.4. The van der Waals surface area contributed by atoms with Gasteiger partial charge in [-0.3, -0.25) is 10.2 Å². The Hall–Kier alpha value is -2.74. The Kier molecular flexibility index (Phi) is 5.01. The first kappa shape index (κ1) is 19.0. The number of amides is 1. The normalized spacial score (nSPS) is 11.7. The van der Waals surface area contributed by atoms with Crippen molar-refractivity contribution in [3.63, 3.8) is 0 Å². The molecule has 27 heavy (non-hydrogen) atoms. The molecule has 2 N–H and O–H groups in total. The lowest BCUT2D eigenvalue weighted by atomic mass is 10.2. The predicted octanol–water partition coefficient (Wildman–Crippen LogP) is 4.25. The highest BCUT2D eigenvalue weighted by Crippen LogP contribution is 2.33. The van der Waals surface area contributed by atoms with Crippen molar-refractivity contribution in [2.45, 2.75) is 26.2 Å². The molecule has 0 aliphatic rings. The third-order valence-corrected chi connectivity index (χ3v) is 4.49. The Bertz CT molecular complexity index is 1070. The molecular formula is C18H16ClF3N4O. The summed E-state index contributed by atoms with van der Waals surface area (Å²) >= 11 is 5.92. The molecule has 1 amide bonds. The standard InChI is InChI=1S/C18H16ClF3N4O/c1-2-25-14-5-3-4-6-15(14)26(17(25)23)10-16(27)24-13-9-11(18(20,21)22)7-8-12(13)19/h3-9,23H,2,10H2,1H3,(H,24,27). The first-order valence-corrected chi connectivity index (χ1v) is 8.49. The van der Waals surface area contributed by atoms with Crippen molar-refractivity contribution in [1.82, 2.24) is 9.13 Å². The first-order chi connectivity index (χ1) is 12.7. The molecule has 0 bridgehead atoms. The van der Waals surface area contributed by atoms with E-state index in [-0.39, 0.29) is 22.9 Å². The summed E-state index contributed by atoms with van der Waals surface area (Å²) in [6.07, 6.45) is -4.54. The molecule has 0 atom stereocenters. The Morgan fingerprint density at radius 2 is 1.78 bits per heavy atom. The number of nitrogens with zero attached hydrogens (tertiary/aromatic N) is 2. The van der Waals surface area contributed by atoms with Crippen LogP contribution in [0.2, 0.25) is 5.02 Å². The van der Waals surface area contributed by atoms with Crippen molar-refractivity contribution in [1.29, 1.82) is 5.41 Å². The van der Waals surface area contributed by atoms with E-state index in [0.717, 1.165) is 23.7 Å². The Morgan fingerprint density at radius 1 is 1.15 bits per heavy atom. The highest BCUT2D eigenvalue weighted by molar-refractivity contribution is 6.33. The van der Waals surface area contributed by atoms with Gasteiger partial charge in [-0.15, -0.1) is 0 Å². The van der Waals surface area contributed by atoms with Crippen LogP contribution in [0.25, 0.3) is 11.0 Å². The average Bonchev–Trinajstić information content (AvgIpc) is 2.87. The molecule has 0 aliphatic carbocycles. The second-order valence-corrected chi connectivity index (χ2v) is 6.29. The van der Waals surface area contributed by atoms with Crippen molar-refractivity contribution < 1.29 is 18.0 Å². The maximum atomic E-state index is 12.9. The van der Waals surface area contributed by atoms with Gasteiger partial charge in [-0.05, 0) is 37.3 Å². The van der Waals surface area contributed by atoms with Crippen LogP contribution in [-0.2, 0) is 24.1 Å². The van der Waals surface area contributed by atoms with E-state index in [2.05, 4.69) is 5.32 Å². The maximum Gasteiger partial charge on any atom is 0.416 e. The van der Waals surface area contributed by atoms with E-state index in [1.54, 1.807) is 16.7 Å². The van der Waals surface area contributed by atoms with E-state index in [0.29, 0.717) is 12.1 Å². The number of halogens is 4. The summed E-state index contributed by atoms with van der Waals surface area (Å²) in [5.74, 6) is -0.575. The molecule has 3 rings (SSSR count). The fourth-order valence-electron chi connectivity index (χ4n) is 2.91.